The molecule has 2 amide bonds. The van der Waals surface area contributed by atoms with Crippen LogP contribution in [-0.2, 0) is 32.6 Å². The number of benzene rings is 4. The molecule has 0 fully saturated rings. The number of nitrogens with one attached hydrogen (secondary N) is 1. The Kier molecular flexibility index (Phi) is 8.66. The third kappa shape index (κ3) is 6.64. The first-order valence-electron chi connectivity index (χ1n) is 12.7. The van der Waals surface area contributed by atoms with Gasteiger partial charge in [0.1, 0.15) is 12.6 Å². The summed E-state index contributed by atoms with van der Waals surface area (Å²) in [6, 6.07) is 29.1. The van der Waals surface area contributed by atoms with E-state index in [4.69, 9.17) is 0 Å². The van der Waals surface area contributed by atoms with E-state index in [9.17, 15) is 18.0 Å². The van der Waals surface area contributed by atoms with Crippen LogP contribution in [0.3, 0.4) is 0 Å². The third-order valence-corrected chi connectivity index (χ3v) is 7.96. The van der Waals surface area contributed by atoms with Crippen molar-refractivity contribution in [2.45, 2.75) is 25.9 Å². The van der Waals surface area contributed by atoms with Crippen molar-refractivity contribution in [1.82, 2.24) is 10.2 Å². The predicted molar refractivity (Wildman–Crippen MR) is 156 cm³/mol. The fourth-order valence-electron chi connectivity index (χ4n) is 4.71. The zero-order valence-corrected chi connectivity index (χ0v) is 23.2. The lowest BCUT2D eigenvalue weighted by atomic mass is 10.0. The minimum Gasteiger partial charge on any atom is -0.357 e. The number of rotatable bonds is 10. The van der Waals surface area contributed by atoms with Gasteiger partial charge < -0.3 is 10.2 Å². The molecule has 1 atom stereocenters. The molecule has 0 bridgehead atoms. The number of aryl methyl sites for hydroxylation is 1. The molecule has 0 radical (unpaired) electrons. The van der Waals surface area contributed by atoms with Crippen molar-refractivity contribution < 1.29 is 18.0 Å². The maximum atomic E-state index is 14.1. The van der Waals surface area contributed by atoms with Crippen molar-refractivity contribution in [3.05, 3.63) is 114 Å². The van der Waals surface area contributed by atoms with E-state index < -0.39 is 28.5 Å². The number of fused-ring (bicyclic) bond motifs is 1. The van der Waals surface area contributed by atoms with Gasteiger partial charge in [-0.05, 0) is 35.1 Å². The topological polar surface area (TPSA) is 86.8 Å². The van der Waals surface area contributed by atoms with Gasteiger partial charge >= 0.3 is 0 Å². The van der Waals surface area contributed by atoms with E-state index in [1.807, 2.05) is 91.9 Å². The van der Waals surface area contributed by atoms with Gasteiger partial charge in [0, 0.05) is 25.4 Å². The van der Waals surface area contributed by atoms with Gasteiger partial charge in [0.15, 0.2) is 0 Å². The van der Waals surface area contributed by atoms with Crippen molar-refractivity contribution in [2.75, 3.05) is 24.2 Å². The van der Waals surface area contributed by atoms with Crippen molar-refractivity contribution in [3.63, 3.8) is 0 Å². The molecule has 4 aromatic carbocycles. The summed E-state index contributed by atoms with van der Waals surface area (Å²) in [7, 11) is -2.31. The van der Waals surface area contributed by atoms with Crippen LogP contribution in [0.15, 0.2) is 97.1 Å². The first-order valence-corrected chi connectivity index (χ1v) is 14.6. The quantitative estimate of drug-likeness (QED) is 0.323. The highest BCUT2D eigenvalue weighted by Gasteiger charge is 2.33. The van der Waals surface area contributed by atoms with Crippen LogP contribution in [0, 0.1) is 6.92 Å². The number of amides is 2. The Morgan fingerprint density at radius 2 is 1.49 bits per heavy atom. The Balaban J connectivity index is 1.77. The first-order chi connectivity index (χ1) is 18.7. The summed E-state index contributed by atoms with van der Waals surface area (Å²) in [5.74, 6) is -0.794. The summed E-state index contributed by atoms with van der Waals surface area (Å²) in [5, 5.41) is 4.28. The van der Waals surface area contributed by atoms with E-state index in [2.05, 4.69) is 5.32 Å². The molecule has 1 N–H and O–H groups in total. The molecule has 8 heteroatoms. The molecule has 39 heavy (non-hydrogen) atoms. The minimum atomic E-state index is -3.84. The Hall–Kier alpha value is -4.17. The molecule has 0 aliphatic heterocycles. The molecular formula is C31H33N3O4S. The maximum Gasteiger partial charge on any atom is 0.244 e. The van der Waals surface area contributed by atoms with Crippen molar-refractivity contribution in [2.24, 2.45) is 0 Å². The molecule has 1 unspecified atom stereocenters. The van der Waals surface area contributed by atoms with Gasteiger partial charge in [-0.2, -0.15) is 0 Å². The summed E-state index contributed by atoms with van der Waals surface area (Å²) in [6.45, 7) is 1.66. The zero-order valence-electron chi connectivity index (χ0n) is 22.4. The van der Waals surface area contributed by atoms with Crippen molar-refractivity contribution in [3.8, 4) is 0 Å². The van der Waals surface area contributed by atoms with E-state index >= 15 is 0 Å². The van der Waals surface area contributed by atoms with Crippen molar-refractivity contribution in [1.29, 1.82) is 0 Å². The van der Waals surface area contributed by atoms with Crippen LogP contribution in [0.25, 0.3) is 10.8 Å². The molecule has 7 nitrogen and oxygen atoms in total. The van der Waals surface area contributed by atoms with Gasteiger partial charge in [0.2, 0.25) is 21.8 Å². The normalized spacial score (nSPS) is 12.1. The van der Waals surface area contributed by atoms with Gasteiger partial charge in [-0.3, -0.25) is 13.9 Å². The Morgan fingerprint density at radius 1 is 0.846 bits per heavy atom. The number of likely N-dealkylation sites (N-methyl/N-ethyl adjacent to an activating group) is 1. The molecule has 0 heterocycles. The van der Waals surface area contributed by atoms with Crippen LogP contribution in [0.2, 0.25) is 0 Å². The van der Waals surface area contributed by atoms with Crippen LogP contribution >= 0.6 is 0 Å². The highest BCUT2D eigenvalue weighted by atomic mass is 32.2. The van der Waals surface area contributed by atoms with Crippen LogP contribution in [0.1, 0.15) is 16.7 Å². The zero-order chi connectivity index (χ0) is 28.0. The maximum absolute atomic E-state index is 14.1. The lowest BCUT2D eigenvalue weighted by Crippen LogP contribution is -2.53. The number of hydrogen-bond donors (Lipinski definition) is 1. The third-order valence-electron chi connectivity index (χ3n) is 6.83. The van der Waals surface area contributed by atoms with Gasteiger partial charge in [-0.1, -0.05) is 91.0 Å². The summed E-state index contributed by atoms with van der Waals surface area (Å²) in [4.78, 5) is 28.8. The van der Waals surface area contributed by atoms with E-state index in [1.54, 1.807) is 12.1 Å². The Labute approximate surface area is 230 Å². The summed E-state index contributed by atoms with van der Waals surface area (Å²) < 4.78 is 27.3. The fourth-order valence-corrected chi connectivity index (χ4v) is 5.57. The van der Waals surface area contributed by atoms with Crippen molar-refractivity contribution >= 4 is 38.3 Å². The standard InChI is InChI=1S/C31H33N3O4S/c1-23-12-7-8-16-26(23)21-33(29(31(36)32-2)20-24-13-5-4-6-14-24)30(35)22-34(39(3,37)38)28-19-11-17-25-15-9-10-18-27(25)28/h4-19,29H,20-22H2,1-3H3,(H,32,36). The predicted octanol–water partition coefficient (Wildman–Crippen LogP) is 4.30. The highest BCUT2D eigenvalue weighted by Crippen LogP contribution is 2.29. The molecule has 0 saturated carbocycles. The smallest absolute Gasteiger partial charge is 0.244 e. The minimum absolute atomic E-state index is 0.156. The summed E-state index contributed by atoms with van der Waals surface area (Å²) in [5.41, 5.74) is 3.16. The molecule has 4 rings (SSSR count). The average molecular weight is 544 g/mol. The monoisotopic (exact) mass is 543 g/mol. The molecule has 0 saturated heterocycles. The number of carbonyl (C=O) groups is 2. The number of nitrogens with zero attached hydrogens (tertiary/aromatic N) is 2. The SMILES string of the molecule is CNC(=O)C(Cc1ccccc1)N(Cc1ccccc1C)C(=O)CN(c1cccc2ccccc12)S(C)(=O)=O. The molecule has 202 valence electrons. The fraction of sp³-hybridized carbons (Fsp3) is 0.226. The second-order valence-electron chi connectivity index (χ2n) is 9.54. The molecule has 0 aliphatic rings. The van der Waals surface area contributed by atoms with Crippen LogP contribution < -0.4 is 9.62 Å². The second kappa shape index (κ2) is 12.1. The number of carbonyl (C=O) groups excluding carboxylic acids is 2. The molecule has 0 aromatic heterocycles. The number of hydrogen-bond acceptors (Lipinski definition) is 4. The highest BCUT2D eigenvalue weighted by molar-refractivity contribution is 7.92. The number of sulfonamides is 1. The van der Waals surface area contributed by atoms with Gasteiger partial charge in [-0.15, -0.1) is 0 Å². The second-order valence-corrected chi connectivity index (χ2v) is 11.4. The molecule has 0 spiro atoms. The van der Waals surface area contributed by atoms with Gasteiger partial charge in [0.05, 0.1) is 11.9 Å². The summed E-state index contributed by atoms with van der Waals surface area (Å²) >= 11 is 0. The van der Waals surface area contributed by atoms with Crippen LogP contribution in [0.4, 0.5) is 5.69 Å². The van der Waals surface area contributed by atoms with E-state index in [-0.39, 0.29) is 18.9 Å². The average Bonchev–Trinajstić information content (AvgIpc) is 2.93. The molecule has 4 aromatic rings. The lowest BCUT2D eigenvalue weighted by molar-refractivity contribution is -0.139. The Bertz CT molecular complexity index is 1570. The molecule has 0 aliphatic carbocycles. The largest absolute Gasteiger partial charge is 0.357 e. The first kappa shape index (κ1) is 27.9. The Morgan fingerprint density at radius 3 is 2.18 bits per heavy atom. The lowest BCUT2D eigenvalue weighted by Gasteiger charge is -2.33. The summed E-state index contributed by atoms with van der Waals surface area (Å²) in [6.07, 6.45) is 1.37. The van der Waals surface area contributed by atoms with Crippen LogP contribution in [-0.4, -0.2) is 51.0 Å². The number of anilines is 1. The van der Waals surface area contributed by atoms with Gasteiger partial charge in [-0.25, -0.2) is 8.42 Å². The van der Waals surface area contributed by atoms with E-state index in [0.29, 0.717) is 5.69 Å². The van der Waals surface area contributed by atoms with Gasteiger partial charge in [0.25, 0.3) is 0 Å². The molecular weight excluding hydrogens is 510 g/mol. The van der Waals surface area contributed by atoms with E-state index in [0.717, 1.165) is 38.0 Å². The van der Waals surface area contributed by atoms with E-state index in [1.165, 1.54) is 11.9 Å². The van der Waals surface area contributed by atoms with Crippen LogP contribution in [0.5, 0.6) is 0 Å².